The van der Waals surface area contributed by atoms with Crippen molar-refractivity contribution in [3.05, 3.63) is 34.9 Å². The summed E-state index contributed by atoms with van der Waals surface area (Å²) in [5.41, 5.74) is 0.524. The Hall–Kier alpha value is -1.68. The average Bonchev–Trinajstić information content (AvgIpc) is 2.25. The molecule has 17 heavy (non-hydrogen) atoms. The molecule has 0 bridgehead atoms. The quantitative estimate of drug-likeness (QED) is 0.643. The molecular weight excluding hydrogens is 220 g/mol. The van der Waals surface area contributed by atoms with Gasteiger partial charge in [0.25, 0.3) is 0 Å². The fraction of sp³-hybridized carbons (Fsp3) is 0.385. The fourth-order valence-electron chi connectivity index (χ4n) is 1.31. The summed E-state index contributed by atoms with van der Waals surface area (Å²) in [5, 5.41) is 8.99. The lowest BCUT2D eigenvalue weighted by Crippen LogP contribution is -2.24. The number of aliphatic hydroxyl groups is 1. The Balaban J connectivity index is 3.00. The first-order valence-corrected chi connectivity index (χ1v) is 5.29. The van der Waals surface area contributed by atoms with Crippen molar-refractivity contribution < 1.29 is 19.4 Å². The summed E-state index contributed by atoms with van der Waals surface area (Å²) < 4.78 is 5.18. The molecule has 0 saturated carbocycles. The number of carbonyl (C=O) groups is 2. The van der Waals surface area contributed by atoms with Crippen molar-refractivity contribution >= 4 is 12.3 Å². The monoisotopic (exact) mass is 236 g/mol. The van der Waals surface area contributed by atoms with Crippen LogP contribution in [-0.4, -0.2) is 23.0 Å². The van der Waals surface area contributed by atoms with Gasteiger partial charge in [0, 0.05) is 5.56 Å². The van der Waals surface area contributed by atoms with E-state index in [1.807, 2.05) is 0 Å². The van der Waals surface area contributed by atoms with Crippen LogP contribution in [0.1, 0.15) is 47.1 Å². The third-order valence-corrected chi connectivity index (χ3v) is 2.08. The molecular formula is C13H16O4. The SMILES string of the molecule is CC(C)(C)OC(=O)c1ccc(CO)c(C=O)c1. The first-order valence-electron chi connectivity index (χ1n) is 5.29. The van der Waals surface area contributed by atoms with Crippen LogP contribution in [0.3, 0.4) is 0 Å². The van der Waals surface area contributed by atoms with Gasteiger partial charge in [-0.25, -0.2) is 4.79 Å². The summed E-state index contributed by atoms with van der Waals surface area (Å²) in [6, 6.07) is 4.50. The normalized spacial score (nSPS) is 11.1. The van der Waals surface area contributed by atoms with Gasteiger partial charge in [-0.05, 0) is 38.5 Å². The van der Waals surface area contributed by atoms with E-state index in [1.54, 1.807) is 26.8 Å². The highest BCUT2D eigenvalue weighted by atomic mass is 16.6. The Morgan fingerprint density at radius 1 is 1.41 bits per heavy atom. The van der Waals surface area contributed by atoms with E-state index in [0.717, 1.165) is 0 Å². The molecule has 92 valence electrons. The first kappa shape index (κ1) is 13.4. The van der Waals surface area contributed by atoms with Crippen LogP contribution in [0, 0.1) is 0 Å². The van der Waals surface area contributed by atoms with Crippen LogP contribution in [0.4, 0.5) is 0 Å². The smallest absolute Gasteiger partial charge is 0.338 e. The molecule has 0 saturated heterocycles. The van der Waals surface area contributed by atoms with Gasteiger partial charge in [-0.2, -0.15) is 0 Å². The molecule has 0 radical (unpaired) electrons. The number of carbonyl (C=O) groups excluding carboxylic acids is 2. The van der Waals surface area contributed by atoms with Crippen molar-refractivity contribution in [2.75, 3.05) is 0 Å². The number of hydrogen-bond acceptors (Lipinski definition) is 4. The zero-order valence-corrected chi connectivity index (χ0v) is 10.2. The van der Waals surface area contributed by atoms with Crippen LogP contribution in [0.5, 0.6) is 0 Å². The number of aldehydes is 1. The van der Waals surface area contributed by atoms with E-state index in [2.05, 4.69) is 0 Å². The Morgan fingerprint density at radius 2 is 2.06 bits per heavy atom. The zero-order chi connectivity index (χ0) is 13.1. The van der Waals surface area contributed by atoms with Gasteiger partial charge in [0.1, 0.15) is 11.9 Å². The third-order valence-electron chi connectivity index (χ3n) is 2.08. The lowest BCUT2D eigenvalue weighted by molar-refractivity contribution is 0.00694. The van der Waals surface area contributed by atoms with E-state index in [4.69, 9.17) is 9.84 Å². The van der Waals surface area contributed by atoms with Gasteiger partial charge in [-0.3, -0.25) is 4.79 Å². The maximum atomic E-state index is 11.7. The van der Waals surface area contributed by atoms with Crippen LogP contribution in [-0.2, 0) is 11.3 Å². The minimum Gasteiger partial charge on any atom is -0.456 e. The fourth-order valence-corrected chi connectivity index (χ4v) is 1.31. The predicted molar refractivity (Wildman–Crippen MR) is 62.9 cm³/mol. The van der Waals surface area contributed by atoms with Crippen molar-refractivity contribution in [3.8, 4) is 0 Å². The van der Waals surface area contributed by atoms with Crippen molar-refractivity contribution in [1.29, 1.82) is 0 Å². The van der Waals surface area contributed by atoms with Crippen LogP contribution >= 0.6 is 0 Å². The number of benzene rings is 1. The van der Waals surface area contributed by atoms with Crippen molar-refractivity contribution in [2.24, 2.45) is 0 Å². The number of ether oxygens (including phenoxy) is 1. The Kier molecular flexibility index (Phi) is 4.02. The molecule has 0 aliphatic heterocycles. The molecule has 1 aromatic rings. The number of rotatable bonds is 3. The van der Waals surface area contributed by atoms with E-state index >= 15 is 0 Å². The van der Waals surface area contributed by atoms with E-state index < -0.39 is 11.6 Å². The van der Waals surface area contributed by atoms with Crippen molar-refractivity contribution in [2.45, 2.75) is 33.0 Å². The second-order valence-corrected chi connectivity index (χ2v) is 4.69. The summed E-state index contributed by atoms with van der Waals surface area (Å²) in [7, 11) is 0. The number of aliphatic hydroxyl groups excluding tert-OH is 1. The molecule has 0 aromatic heterocycles. The lowest BCUT2D eigenvalue weighted by Gasteiger charge is -2.19. The summed E-state index contributed by atoms with van der Waals surface area (Å²) >= 11 is 0. The highest BCUT2D eigenvalue weighted by molar-refractivity contribution is 5.92. The molecule has 4 heteroatoms. The van der Waals surface area contributed by atoms with Gasteiger partial charge < -0.3 is 9.84 Å². The summed E-state index contributed by atoms with van der Waals surface area (Å²) in [5.74, 6) is -0.481. The van der Waals surface area contributed by atoms with Gasteiger partial charge in [-0.15, -0.1) is 0 Å². The van der Waals surface area contributed by atoms with E-state index in [1.165, 1.54) is 12.1 Å². The Labute approximate surface area is 100 Å². The van der Waals surface area contributed by atoms with Crippen LogP contribution in [0.25, 0.3) is 0 Å². The molecule has 1 rings (SSSR count). The molecule has 0 fully saturated rings. The summed E-state index contributed by atoms with van der Waals surface area (Å²) in [4.78, 5) is 22.5. The van der Waals surface area contributed by atoms with Crippen molar-refractivity contribution in [1.82, 2.24) is 0 Å². The zero-order valence-electron chi connectivity index (χ0n) is 10.2. The predicted octanol–water partition coefficient (Wildman–Crippen LogP) is 1.95. The molecule has 0 aliphatic rings. The second-order valence-electron chi connectivity index (χ2n) is 4.69. The molecule has 0 aliphatic carbocycles. The van der Waals surface area contributed by atoms with Crippen molar-refractivity contribution in [3.63, 3.8) is 0 Å². The first-order chi connectivity index (χ1) is 7.87. The molecule has 1 aromatic carbocycles. The molecule has 0 unspecified atom stereocenters. The molecule has 0 heterocycles. The van der Waals surface area contributed by atoms with E-state index in [9.17, 15) is 9.59 Å². The lowest BCUT2D eigenvalue weighted by atomic mass is 10.1. The standard InChI is InChI=1S/C13H16O4/c1-13(2,3)17-12(16)9-4-5-10(7-14)11(6-9)8-15/h4-6,8,14H,7H2,1-3H3. The minimum absolute atomic E-state index is 0.233. The van der Waals surface area contributed by atoms with Crippen LogP contribution in [0.15, 0.2) is 18.2 Å². The topological polar surface area (TPSA) is 63.6 Å². The molecule has 1 N–H and O–H groups in total. The van der Waals surface area contributed by atoms with Crippen LogP contribution in [0.2, 0.25) is 0 Å². The second kappa shape index (κ2) is 5.10. The largest absolute Gasteiger partial charge is 0.456 e. The molecule has 0 amide bonds. The highest BCUT2D eigenvalue weighted by Crippen LogP contribution is 2.15. The van der Waals surface area contributed by atoms with E-state index in [0.29, 0.717) is 23.0 Å². The summed E-state index contributed by atoms with van der Waals surface area (Å²) in [6.45, 7) is 5.08. The highest BCUT2D eigenvalue weighted by Gasteiger charge is 2.18. The van der Waals surface area contributed by atoms with Gasteiger partial charge in [0.05, 0.1) is 12.2 Å². The van der Waals surface area contributed by atoms with Crippen LogP contribution < -0.4 is 0 Å². The Morgan fingerprint density at radius 3 is 2.53 bits per heavy atom. The maximum absolute atomic E-state index is 11.7. The number of esters is 1. The minimum atomic E-state index is -0.575. The molecule has 4 nitrogen and oxygen atoms in total. The van der Waals surface area contributed by atoms with E-state index in [-0.39, 0.29) is 6.61 Å². The van der Waals surface area contributed by atoms with Gasteiger partial charge in [0.15, 0.2) is 0 Å². The maximum Gasteiger partial charge on any atom is 0.338 e. The summed E-state index contributed by atoms with van der Waals surface area (Å²) in [6.07, 6.45) is 0.611. The van der Waals surface area contributed by atoms with Gasteiger partial charge in [0.2, 0.25) is 0 Å². The molecule has 0 spiro atoms. The average molecular weight is 236 g/mol. The van der Waals surface area contributed by atoms with Gasteiger partial charge >= 0.3 is 5.97 Å². The molecule has 0 atom stereocenters. The number of hydrogen-bond donors (Lipinski definition) is 1. The third kappa shape index (κ3) is 3.67. The van der Waals surface area contributed by atoms with Gasteiger partial charge in [-0.1, -0.05) is 6.07 Å². The Bertz CT molecular complexity index is 430.